The molecule has 1 N–H and O–H groups in total. The molecule has 0 saturated carbocycles. The minimum atomic E-state index is -3.63. The summed E-state index contributed by atoms with van der Waals surface area (Å²) in [7, 11) is -2.12. The summed E-state index contributed by atoms with van der Waals surface area (Å²) < 4.78 is 26.7. The van der Waals surface area contributed by atoms with E-state index in [1.54, 1.807) is 53.4 Å². The summed E-state index contributed by atoms with van der Waals surface area (Å²) in [4.78, 5) is 14.5. The Balaban J connectivity index is 0.00000261. The third-order valence-electron chi connectivity index (χ3n) is 4.56. The third kappa shape index (κ3) is 4.61. The van der Waals surface area contributed by atoms with Gasteiger partial charge in [0.25, 0.3) is 15.9 Å². The average molecular weight is 410 g/mol. The summed E-state index contributed by atoms with van der Waals surface area (Å²) in [6.07, 6.45) is 0. The van der Waals surface area contributed by atoms with Gasteiger partial charge in [-0.2, -0.15) is 0 Å². The van der Waals surface area contributed by atoms with Gasteiger partial charge in [0, 0.05) is 38.8 Å². The van der Waals surface area contributed by atoms with Gasteiger partial charge in [0.1, 0.15) is 0 Å². The number of aryl methyl sites for hydroxylation is 1. The number of anilines is 1. The molecule has 6 nitrogen and oxygen atoms in total. The fourth-order valence-corrected chi connectivity index (χ4v) is 4.07. The number of carbonyl (C=O) groups excluding carboxylic acids is 1. The summed E-state index contributed by atoms with van der Waals surface area (Å²) in [5, 5.41) is 3.21. The number of piperazine rings is 1. The number of carbonyl (C=O) groups is 1. The minimum Gasteiger partial charge on any atom is -0.336 e. The lowest BCUT2D eigenvalue weighted by Crippen LogP contribution is -2.46. The zero-order chi connectivity index (χ0) is 18.7. The quantitative estimate of drug-likeness (QED) is 0.841. The molecule has 0 aromatic heterocycles. The van der Waals surface area contributed by atoms with Gasteiger partial charge in [-0.3, -0.25) is 9.10 Å². The van der Waals surface area contributed by atoms with Crippen molar-refractivity contribution in [3.8, 4) is 0 Å². The molecule has 0 spiro atoms. The number of nitrogens with zero attached hydrogens (tertiary/aromatic N) is 2. The summed E-state index contributed by atoms with van der Waals surface area (Å²) in [5.74, 6) is -0.0258. The smallest absolute Gasteiger partial charge is 0.264 e. The van der Waals surface area contributed by atoms with Crippen LogP contribution in [0.4, 0.5) is 5.69 Å². The summed E-state index contributed by atoms with van der Waals surface area (Å²) in [6, 6.07) is 13.4. The molecule has 27 heavy (non-hydrogen) atoms. The van der Waals surface area contributed by atoms with E-state index in [2.05, 4.69) is 5.32 Å². The first-order chi connectivity index (χ1) is 12.4. The molecule has 0 unspecified atom stereocenters. The highest BCUT2D eigenvalue weighted by atomic mass is 35.5. The van der Waals surface area contributed by atoms with E-state index in [9.17, 15) is 13.2 Å². The van der Waals surface area contributed by atoms with Crippen molar-refractivity contribution in [1.29, 1.82) is 0 Å². The molecule has 2 aromatic carbocycles. The van der Waals surface area contributed by atoms with Crippen molar-refractivity contribution in [2.24, 2.45) is 0 Å². The molecule has 2 aromatic rings. The Bertz CT molecular complexity index is 877. The van der Waals surface area contributed by atoms with Crippen LogP contribution >= 0.6 is 12.4 Å². The maximum Gasteiger partial charge on any atom is 0.264 e. The zero-order valence-electron chi connectivity index (χ0n) is 15.4. The van der Waals surface area contributed by atoms with Gasteiger partial charge in [0.15, 0.2) is 0 Å². The van der Waals surface area contributed by atoms with Crippen molar-refractivity contribution in [3.05, 3.63) is 59.7 Å². The molecular formula is C19H24ClN3O3S. The van der Waals surface area contributed by atoms with Gasteiger partial charge in [-0.25, -0.2) is 8.42 Å². The van der Waals surface area contributed by atoms with Crippen LogP contribution in [0.1, 0.15) is 15.9 Å². The van der Waals surface area contributed by atoms with Crippen LogP contribution in [0.5, 0.6) is 0 Å². The molecule has 1 aliphatic heterocycles. The van der Waals surface area contributed by atoms with Crippen LogP contribution in [-0.4, -0.2) is 52.5 Å². The van der Waals surface area contributed by atoms with Crippen molar-refractivity contribution >= 4 is 34.0 Å². The van der Waals surface area contributed by atoms with Gasteiger partial charge in [-0.05, 0) is 43.3 Å². The Hall–Kier alpha value is -2.09. The lowest BCUT2D eigenvalue weighted by atomic mass is 10.1. The molecule has 0 aliphatic carbocycles. The predicted octanol–water partition coefficient (Wildman–Crippen LogP) is 2.29. The number of sulfonamides is 1. The van der Waals surface area contributed by atoms with Crippen LogP contribution < -0.4 is 9.62 Å². The van der Waals surface area contributed by atoms with Crippen LogP contribution in [0.25, 0.3) is 0 Å². The second-order valence-electron chi connectivity index (χ2n) is 6.37. The van der Waals surface area contributed by atoms with E-state index in [0.717, 1.165) is 18.7 Å². The predicted molar refractivity (Wildman–Crippen MR) is 109 cm³/mol. The lowest BCUT2D eigenvalue weighted by molar-refractivity contribution is 0.0736. The SMILES string of the molecule is Cc1ccc(S(=O)(=O)N(C)c2ccc(C(=O)N3CCNCC3)cc2)cc1.Cl. The average Bonchev–Trinajstić information content (AvgIpc) is 2.68. The van der Waals surface area contributed by atoms with E-state index in [-0.39, 0.29) is 23.2 Å². The second-order valence-corrected chi connectivity index (χ2v) is 8.34. The molecule has 1 fully saturated rings. The third-order valence-corrected chi connectivity index (χ3v) is 6.36. The van der Waals surface area contributed by atoms with Crippen molar-refractivity contribution in [1.82, 2.24) is 10.2 Å². The zero-order valence-corrected chi connectivity index (χ0v) is 17.0. The molecule has 1 heterocycles. The molecule has 1 aliphatic rings. The Morgan fingerprint density at radius 3 is 2.11 bits per heavy atom. The van der Waals surface area contributed by atoms with Crippen molar-refractivity contribution in [2.75, 3.05) is 37.5 Å². The number of hydrogen-bond acceptors (Lipinski definition) is 4. The number of benzene rings is 2. The van der Waals surface area contributed by atoms with E-state index in [4.69, 9.17) is 0 Å². The van der Waals surface area contributed by atoms with Crippen molar-refractivity contribution in [2.45, 2.75) is 11.8 Å². The maximum atomic E-state index is 12.8. The Morgan fingerprint density at radius 2 is 1.56 bits per heavy atom. The van der Waals surface area contributed by atoms with Crippen LogP contribution in [0, 0.1) is 6.92 Å². The molecule has 0 bridgehead atoms. The molecular weight excluding hydrogens is 386 g/mol. The van der Waals surface area contributed by atoms with E-state index in [1.807, 2.05) is 6.92 Å². The fourth-order valence-electron chi connectivity index (χ4n) is 2.87. The topological polar surface area (TPSA) is 69.7 Å². The van der Waals surface area contributed by atoms with Crippen molar-refractivity contribution in [3.63, 3.8) is 0 Å². The Labute approximate surface area is 166 Å². The highest BCUT2D eigenvalue weighted by Gasteiger charge is 2.22. The van der Waals surface area contributed by atoms with Crippen LogP contribution in [0.3, 0.4) is 0 Å². The normalized spacial score (nSPS) is 14.4. The Morgan fingerprint density at radius 1 is 1.00 bits per heavy atom. The first-order valence-electron chi connectivity index (χ1n) is 8.55. The van der Waals surface area contributed by atoms with Gasteiger partial charge in [0.2, 0.25) is 0 Å². The van der Waals surface area contributed by atoms with Gasteiger partial charge in [-0.15, -0.1) is 12.4 Å². The van der Waals surface area contributed by atoms with E-state index >= 15 is 0 Å². The first kappa shape index (κ1) is 21.2. The fraction of sp³-hybridized carbons (Fsp3) is 0.316. The first-order valence-corrected chi connectivity index (χ1v) is 9.99. The van der Waals surface area contributed by atoms with Gasteiger partial charge in [0.05, 0.1) is 10.6 Å². The van der Waals surface area contributed by atoms with Crippen LogP contribution in [-0.2, 0) is 10.0 Å². The number of amides is 1. The highest BCUT2D eigenvalue weighted by Crippen LogP contribution is 2.23. The molecule has 146 valence electrons. The lowest BCUT2D eigenvalue weighted by Gasteiger charge is -2.27. The summed E-state index contributed by atoms with van der Waals surface area (Å²) in [6.45, 7) is 4.86. The second kappa shape index (κ2) is 8.73. The molecule has 1 saturated heterocycles. The molecule has 3 rings (SSSR count). The van der Waals surface area contributed by atoms with Gasteiger partial charge >= 0.3 is 0 Å². The number of rotatable bonds is 4. The standard InChI is InChI=1S/C19H23N3O3S.ClH/c1-15-3-9-18(10-4-15)26(24,25)21(2)17-7-5-16(6-8-17)19(23)22-13-11-20-12-14-22;/h3-10,20H,11-14H2,1-2H3;1H. The maximum absolute atomic E-state index is 12.8. The largest absolute Gasteiger partial charge is 0.336 e. The monoisotopic (exact) mass is 409 g/mol. The van der Waals surface area contributed by atoms with Crippen molar-refractivity contribution < 1.29 is 13.2 Å². The van der Waals surface area contributed by atoms with E-state index in [1.165, 1.54) is 11.4 Å². The van der Waals surface area contributed by atoms with Gasteiger partial charge < -0.3 is 10.2 Å². The Kier molecular flexibility index (Phi) is 6.86. The van der Waals surface area contributed by atoms with E-state index < -0.39 is 10.0 Å². The molecule has 0 atom stereocenters. The number of nitrogens with one attached hydrogen (secondary N) is 1. The van der Waals surface area contributed by atoms with Gasteiger partial charge in [-0.1, -0.05) is 17.7 Å². The number of hydrogen-bond donors (Lipinski definition) is 1. The molecule has 1 amide bonds. The minimum absolute atomic E-state index is 0. The summed E-state index contributed by atoms with van der Waals surface area (Å²) >= 11 is 0. The number of halogens is 1. The highest BCUT2D eigenvalue weighted by molar-refractivity contribution is 7.92. The van der Waals surface area contributed by atoms with Crippen LogP contribution in [0.15, 0.2) is 53.4 Å². The van der Waals surface area contributed by atoms with E-state index in [0.29, 0.717) is 24.3 Å². The molecule has 8 heteroatoms. The summed E-state index contributed by atoms with van der Waals surface area (Å²) in [5.41, 5.74) is 2.08. The molecule has 0 radical (unpaired) electrons. The van der Waals surface area contributed by atoms with Crippen LogP contribution in [0.2, 0.25) is 0 Å².